The van der Waals surface area contributed by atoms with Crippen molar-refractivity contribution in [3.63, 3.8) is 0 Å². The smallest absolute Gasteiger partial charge is 0.320 e. The summed E-state index contributed by atoms with van der Waals surface area (Å²) in [4.78, 5) is 10.8. The van der Waals surface area contributed by atoms with Crippen molar-refractivity contribution in [3.8, 4) is 0 Å². The zero-order chi connectivity index (χ0) is 17.1. The lowest BCUT2D eigenvalue weighted by Gasteiger charge is -2.15. The van der Waals surface area contributed by atoms with E-state index in [2.05, 4.69) is 55.5 Å². The van der Waals surface area contributed by atoms with Crippen LogP contribution in [0.5, 0.6) is 0 Å². The third-order valence-electron chi connectivity index (χ3n) is 4.45. The van der Waals surface area contributed by atoms with Gasteiger partial charge in [-0.25, -0.2) is 0 Å². The molecular weight excluding hydrogens is 318 g/mol. The number of aryl methyl sites for hydroxylation is 1. The van der Waals surface area contributed by atoms with E-state index in [0.717, 1.165) is 11.5 Å². The molecule has 4 heteroatoms. The molecule has 1 atom stereocenters. The molecule has 0 aromatic heterocycles. The molecule has 0 aliphatic heterocycles. The molecule has 24 heavy (non-hydrogen) atoms. The maximum absolute atomic E-state index is 10.8. The highest BCUT2D eigenvalue weighted by Gasteiger charge is 2.13. The highest BCUT2D eigenvalue weighted by Crippen LogP contribution is 2.34. The van der Waals surface area contributed by atoms with Crippen molar-refractivity contribution in [1.29, 1.82) is 0 Å². The Kier molecular flexibility index (Phi) is 5.07. The van der Waals surface area contributed by atoms with E-state index >= 15 is 0 Å². The quantitative estimate of drug-likeness (QED) is 0.518. The zero-order valence-electron chi connectivity index (χ0n) is 13.7. The topological polar surface area (TPSA) is 63.3 Å². The van der Waals surface area contributed by atoms with E-state index in [-0.39, 0.29) is 0 Å². The molecule has 0 bridgehead atoms. The molecule has 0 radical (unpaired) electrons. The Hall–Kier alpha value is -2.04. The van der Waals surface area contributed by atoms with Gasteiger partial charge in [0.05, 0.1) is 0 Å². The number of carbonyl (C=O) groups is 1. The van der Waals surface area contributed by atoms with Crippen molar-refractivity contribution in [1.82, 2.24) is 0 Å². The van der Waals surface area contributed by atoms with Crippen LogP contribution in [-0.2, 0) is 10.5 Å². The molecule has 3 rings (SSSR count). The van der Waals surface area contributed by atoms with E-state index in [4.69, 9.17) is 10.8 Å². The molecule has 3 aromatic carbocycles. The number of benzene rings is 3. The number of hydrogen-bond acceptors (Lipinski definition) is 3. The minimum atomic E-state index is -0.929. The molecule has 0 amide bonds. The van der Waals surface area contributed by atoms with Crippen LogP contribution < -0.4 is 5.73 Å². The fraction of sp³-hybridized carbons (Fsp3) is 0.250. The van der Waals surface area contributed by atoms with Gasteiger partial charge in [-0.3, -0.25) is 4.79 Å². The molecule has 3 nitrogen and oxygen atoms in total. The van der Waals surface area contributed by atoms with Gasteiger partial charge >= 0.3 is 5.97 Å². The van der Waals surface area contributed by atoms with Crippen LogP contribution in [0.1, 0.15) is 17.5 Å². The zero-order valence-corrected chi connectivity index (χ0v) is 14.5. The third kappa shape index (κ3) is 3.25. The second-order valence-electron chi connectivity index (χ2n) is 5.98. The lowest BCUT2D eigenvalue weighted by Crippen LogP contribution is -2.30. The second kappa shape index (κ2) is 7.24. The number of aliphatic carboxylic acids is 1. The monoisotopic (exact) mass is 339 g/mol. The molecule has 0 heterocycles. The number of hydrogen-bond donors (Lipinski definition) is 2. The van der Waals surface area contributed by atoms with Crippen LogP contribution >= 0.6 is 11.8 Å². The normalized spacial score (nSPS) is 12.6. The molecule has 3 N–H and O–H groups in total. The summed E-state index contributed by atoms with van der Waals surface area (Å²) in [6, 6.07) is 16.2. The van der Waals surface area contributed by atoms with E-state index in [1.54, 1.807) is 11.8 Å². The van der Waals surface area contributed by atoms with Gasteiger partial charge in [-0.2, -0.15) is 11.8 Å². The standard InChI is InChI=1S/C20H21NO2S/c1-13-14-6-2-4-8-16(14)18(17-9-5-3-7-15(13)17)12-24-11-10-19(21)20(22)23/h2-9,19H,10-12,21H2,1H3,(H,22,23)/t19-/m1/s1. The number of rotatable bonds is 6. The van der Waals surface area contributed by atoms with Crippen molar-refractivity contribution in [2.45, 2.75) is 25.1 Å². The predicted octanol–water partition coefficient (Wildman–Crippen LogP) is 4.34. The van der Waals surface area contributed by atoms with E-state index in [9.17, 15) is 4.79 Å². The van der Waals surface area contributed by atoms with Gasteiger partial charge in [0, 0.05) is 5.75 Å². The summed E-state index contributed by atoms with van der Waals surface area (Å²) < 4.78 is 0. The van der Waals surface area contributed by atoms with Gasteiger partial charge in [-0.05, 0) is 51.8 Å². The summed E-state index contributed by atoms with van der Waals surface area (Å²) in [5.41, 5.74) is 8.21. The Morgan fingerprint density at radius 1 is 1.04 bits per heavy atom. The van der Waals surface area contributed by atoms with Crippen LogP contribution in [0.4, 0.5) is 0 Å². The summed E-state index contributed by atoms with van der Waals surface area (Å²) in [6.07, 6.45) is 0.488. The Labute approximate surface area is 145 Å². The Morgan fingerprint density at radius 3 is 2.04 bits per heavy atom. The van der Waals surface area contributed by atoms with Gasteiger partial charge in [0.25, 0.3) is 0 Å². The largest absolute Gasteiger partial charge is 0.480 e. The minimum absolute atomic E-state index is 0.488. The highest BCUT2D eigenvalue weighted by atomic mass is 32.2. The number of carboxylic acids is 1. The molecule has 0 saturated carbocycles. The van der Waals surface area contributed by atoms with Gasteiger partial charge in [0.2, 0.25) is 0 Å². The number of thioether (sulfide) groups is 1. The first-order valence-electron chi connectivity index (χ1n) is 8.04. The average Bonchev–Trinajstić information content (AvgIpc) is 2.60. The fourth-order valence-electron chi connectivity index (χ4n) is 3.10. The highest BCUT2D eigenvalue weighted by molar-refractivity contribution is 7.98. The van der Waals surface area contributed by atoms with Gasteiger partial charge in [-0.1, -0.05) is 48.5 Å². The van der Waals surface area contributed by atoms with E-state index in [1.807, 2.05) is 0 Å². The third-order valence-corrected chi connectivity index (χ3v) is 5.47. The van der Waals surface area contributed by atoms with Crippen molar-refractivity contribution in [3.05, 3.63) is 59.7 Å². The first kappa shape index (κ1) is 16.8. The van der Waals surface area contributed by atoms with E-state index in [0.29, 0.717) is 6.42 Å². The van der Waals surface area contributed by atoms with Crippen molar-refractivity contribution >= 4 is 39.3 Å². The van der Waals surface area contributed by atoms with Gasteiger partial charge in [0.1, 0.15) is 6.04 Å². The number of fused-ring (bicyclic) bond motifs is 2. The maximum Gasteiger partial charge on any atom is 0.320 e. The molecule has 0 unspecified atom stereocenters. The summed E-state index contributed by atoms with van der Waals surface area (Å²) in [6.45, 7) is 2.17. The molecular formula is C20H21NO2S. The average molecular weight is 339 g/mol. The predicted molar refractivity (Wildman–Crippen MR) is 103 cm³/mol. The minimum Gasteiger partial charge on any atom is -0.480 e. The number of nitrogens with two attached hydrogens (primary N) is 1. The van der Waals surface area contributed by atoms with Gasteiger partial charge < -0.3 is 10.8 Å². The van der Waals surface area contributed by atoms with Crippen molar-refractivity contribution in [2.24, 2.45) is 5.73 Å². The second-order valence-corrected chi connectivity index (χ2v) is 7.09. The summed E-state index contributed by atoms with van der Waals surface area (Å²) in [7, 11) is 0. The maximum atomic E-state index is 10.8. The van der Waals surface area contributed by atoms with E-state index < -0.39 is 12.0 Å². The van der Waals surface area contributed by atoms with Crippen LogP contribution in [0.15, 0.2) is 48.5 Å². The number of carboxylic acid groups (broad SMARTS) is 1. The van der Waals surface area contributed by atoms with Crippen LogP contribution in [-0.4, -0.2) is 22.9 Å². The first-order valence-corrected chi connectivity index (χ1v) is 9.20. The Bertz CT molecular complexity index is 834. The van der Waals surface area contributed by atoms with E-state index in [1.165, 1.54) is 32.7 Å². The molecule has 0 aliphatic carbocycles. The summed E-state index contributed by atoms with van der Waals surface area (Å²) in [5.74, 6) is 0.666. The van der Waals surface area contributed by atoms with Gasteiger partial charge in [-0.15, -0.1) is 0 Å². The first-order chi connectivity index (χ1) is 11.6. The molecule has 0 fully saturated rings. The van der Waals surface area contributed by atoms with Crippen LogP contribution in [0.25, 0.3) is 21.5 Å². The van der Waals surface area contributed by atoms with Crippen LogP contribution in [0, 0.1) is 6.92 Å². The molecule has 124 valence electrons. The van der Waals surface area contributed by atoms with Crippen molar-refractivity contribution < 1.29 is 9.90 Å². The van der Waals surface area contributed by atoms with Crippen LogP contribution in [0.2, 0.25) is 0 Å². The fourth-order valence-corrected chi connectivity index (χ4v) is 4.18. The Morgan fingerprint density at radius 2 is 1.54 bits per heavy atom. The molecule has 0 aliphatic rings. The molecule has 0 spiro atoms. The Balaban J connectivity index is 1.93. The van der Waals surface area contributed by atoms with Gasteiger partial charge in [0.15, 0.2) is 0 Å². The molecule has 3 aromatic rings. The lowest BCUT2D eigenvalue weighted by atomic mass is 9.93. The summed E-state index contributed by atoms with van der Waals surface area (Å²) in [5, 5.41) is 14.0. The van der Waals surface area contributed by atoms with Crippen LogP contribution in [0.3, 0.4) is 0 Å². The summed E-state index contributed by atoms with van der Waals surface area (Å²) >= 11 is 1.74. The molecule has 0 saturated heterocycles. The SMILES string of the molecule is Cc1c2ccccc2c(CSCC[C@@H](N)C(=O)O)c2ccccc12. The lowest BCUT2D eigenvalue weighted by molar-refractivity contribution is -0.138. The van der Waals surface area contributed by atoms with Crippen molar-refractivity contribution in [2.75, 3.05) is 5.75 Å².